The Balaban J connectivity index is 2.49. The second kappa shape index (κ2) is 1.93. The molecule has 8 heavy (non-hydrogen) atoms. The SMILES string of the molecule is N#CC1(NCl)CCC1. The Morgan fingerprint density at radius 2 is 2.25 bits per heavy atom. The van der Waals surface area contributed by atoms with E-state index in [1.807, 2.05) is 0 Å². The smallest absolute Gasteiger partial charge is 0.119 e. The molecule has 0 heterocycles. The van der Waals surface area contributed by atoms with Crippen LogP contribution in [-0.4, -0.2) is 5.54 Å². The summed E-state index contributed by atoms with van der Waals surface area (Å²) in [5.41, 5.74) is -0.373. The molecule has 0 saturated heterocycles. The molecule has 1 fully saturated rings. The molecule has 3 heteroatoms. The lowest BCUT2D eigenvalue weighted by atomic mass is 9.79. The van der Waals surface area contributed by atoms with E-state index < -0.39 is 0 Å². The molecule has 2 nitrogen and oxygen atoms in total. The lowest BCUT2D eigenvalue weighted by Gasteiger charge is -2.32. The van der Waals surface area contributed by atoms with Crippen LogP contribution in [0.2, 0.25) is 0 Å². The van der Waals surface area contributed by atoms with Crippen molar-refractivity contribution in [3.05, 3.63) is 0 Å². The molecule has 1 rings (SSSR count). The molecule has 0 aromatic heterocycles. The number of hydrogen-bond donors (Lipinski definition) is 1. The summed E-state index contributed by atoms with van der Waals surface area (Å²) in [4.78, 5) is 2.48. The maximum Gasteiger partial charge on any atom is 0.119 e. The molecule has 0 aromatic rings. The topological polar surface area (TPSA) is 35.8 Å². The quantitative estimate of drug-likeness (QED) is 0.541. The second-order valence-corrected chi connectivity index (χ2v) is 2.33. The van der Waals surface area contributed by atoms with Crippen molar-refractivity contribution in [3.63, 3.8) is 0 Å². The normalized spacial score (nSPS) is 23.5. The van der Waals surface area contributed by atoms with E-state index in [1.165, 1.54) is 0 Å². The summed E-state index contributed by atoms with van der Waals surface area (Å²) < 4.78 is 0. The first kappa shape index (κ1) is 5.87. The molecule has 0 unspecified atom stereocenters. The van der Waals surface area contributed by atoms with Gasteiger partial charge in [-0.15, -0.1) is 0 Å². The number of halogens is 1. The van der Waals surface area contributed by atoms with Crippen molar-refractivity contribution in [1.82, 2.24) is 4.84 Å². The number of nitriles is 1. The number of rotatable bonds is 1. The number of nitrogens with one attached hydrogen (secondary N) is 1. The van der Waals surface area contributed by atoms with E-state index in [2.05, 4.69) is 10.9 Å². The Labute approximate surface area is 53.6 Å². The Kier molecular flexibility index (Phi) is 1.41. The Morgan fingerprint density at radius 3 is 2.25 bits per heavy atom. The zero-order valence-electron chi connectivity index (χ0n) is 4.45. The van der Waals surface area contributed by atoms with E-state index in [0.29, 0.717) is 0 Å². The molecule has 0 aromatic carbocycles. The lowest BCUT2D eigenvalue weighted by molar-refractivity contribution is 0.301. The Hall–Kier alpha value is -0.260. The van der Waals surface area contributed by atoms with Crippen molar-refractivity contribution in [2.24, 2.45) is 0 Å². The highest BCUT2D eigenvalue weighted by molar-refractivity contribution is 6.14. The lowest BCUT2D eigenvalue weighted by Crippen LogP contribution is -2.44. The van der Waals surface area contributed by atoms with Crippen molar-refractivity contribution in [1.29, 1.82) is 5.26 Å². The van der Waals surface area contributed by atoms with Crippen LogP contribution in [0.3, 0.4) is 0 Å². The summed E-state index contributed by atoms with van der Waals surface area (Å²) in [6.45, 7) is 0. The largest absolute Gasteiger partial charge is 0.213 e. The molecular weight excluding hydrogens is 124 g/mol. The van der Waals surface area contributed by atoms with Gasteiger partial charge in [-0.2, -0.15) is 5.26 Å². The van der Waals surface area contributed by atoms with E-state index in [0.717, 1.165) is 19.3 Å². The van der Waals surface area contributed by atoms with Gasteiger partial charge in [-0.25, -0.2) is 4.84 Å². The third-order valence-corrected chi connectivity index (χ3v) is 1.96. The fraction of sp³-hybridized carbons (Fsp3) is 0.800. The average molecular weight is 131 g/mol. The van der Waals surface area contributed by atoms with Crippen LogP contribution in [0.4, 0.5) is 0 Å². The predicted molar refractivity (Wildman–Crippen MR) is 31.2 cm³/mol. The van der Waals surface area contributed by atoms with Crippen LogP contribution in [0.5, 0.6) is 0 Å². The summed E-state index contributed by atoms with van der Waals surface area (Å²) in [7, 11) is 0. The molecule has 0 atom stereocenters. The summed E-state index contributed by atoms with van der Waals surface area (Å²) >= 11 is 5.29. The van der Waals surface area contributed by atoms with E-state index in [-0.39, 0.29) is 5.54 Å². The van der Waals surface area contributed by atoms with Gasteiger partial charge in [0.1, 0.15) is 5.54 Å². The van der Waals surface area contributed by atoms with Gasteiger partial charge in [0.15, 0.2) is 0 Å². The van der Waals surface area contributed by atoms with Crippen LogP contribution in [0.15, 0.2) is 0 Å². The van der Waals surface area contributed by atoms with E-state index in [9.17, 15) is 0 Å². The Bertz CT molecular complexity index is 117. The highest BCUT2D eigenvalue weighted by Gasteiger charge is 2.36. The van der Waals surface area contributed by atoms with Gasteiger partial charge in [0, 0.05) is 0 Å². The second-order valence-electron chi connectivity index (χ2n) is 2.14. The summed E-state index contributed by atoms with van der Waals surface area (Å²) in [6.07, 6.45) is 2.91. The van der Waals surface area contributed by atoms with Crippen LogP contribution in [0.1, 0.15) is 19.3 Å². The molecule has 1 saturated carbocycles. The molecular formula is C5H7ClN2. The highest BCUT2D eigenvalue weighted by atomic mass is 35.5. The van der Waals surface area contributed by atoms with E-state index >= 15 is 0 Å². The summed E-state index contributed by atoms with van der Waals surface area (Å²) in [6, 6.07) is 2.12. The number of hydrogen-bond acceptors (Lipinski definition) is 2. The summed E-state index contributed by atoms with van der Waals surface area (Å²) in [5.74, 6) is 0. The molecule has 1 aliphatic rings. The first-order valence-electron chi connectivity index (χ1n) is 2.62. The minimum absolute atomic E-state index is 0.373. The van der Waals surface area contributed by atoms with Crippen LogP contribution >= 0.6 is 11.8 Å². The van der Waals surface area contributed by atoms with Gasteiger partial charge in [0.2, 0.25) is 0 Å². The third-order valence-electron chi connectivity index (χ3n) is 1.60. The van der Waals surface area contributed by atoms with Crippen LogP contribution < -0.4 is 4.84 Å². The maximum atomic E-state index is 8.44. The van der Waals surface area contributed by atoms with E-state index in [4.69, 9.17) is 17.0 Å². The van der Waals surface area contributed by atoms with Crippen LogP contribution in [0, 0.1) is 11.3 Å². The fourth-order valence-corrected chi connectivity index (χ4v) is 0.989. The third kappa shape index (κ3) is 0.683. The summed E-state index contributed by atoms with van der Waals surface area (Å²) in [5, 5.41) is 8.44. The van der Waals surface area contributed by atoms with Crippen LogP contribution in [-0.2, 0) is 0 Å². The predicted octanol–water partition coefficient (Wildman–Crippen LogP) is 1.18. The van der Waals surface area contributed by atoms with Gasteiger partial charge in [0.25, 0.3) is 0 Å². The standard InChI is InChI=1S/C5H7ClN2/c6-8-5(4-7)2-1-3-5/h8H,1-3H2. The van der Waals surface area contributed by atoms with Crippen molar-refractivity contribution in [2.45, 2.75) is 24.8 Å². The average Bonchev–Trinajstić information content (AvgIpc) is 1.67. The van der Waals surface area contributed by atoms with Gasteiger partial charge >= 0.3 is 0 Å². The monoisotopic (exact) mass is 130 g/mol. The fourth-order valence-electron chi connectivity index (χ4n) is 0.758. The molecule has 44 valence electrons. The molecule has 0 radical (unpaired) electrons. The van der Waals surface area contributed by atoms with Gasteiger partial charge in [-0.1, -0.05) is 0 Å². The van der Waals surface area contributed by atoms with Gasteiger partial charge in [-0.3, -0.25) is 0 Å². The molecule has 0 spiro atoms. The van der Waals surface area contributed by atoms with Crippen molar-refractivity contribution in [2.75, 3.05) is 0 Å². The Morgan fingerprint density at radius 1 is 1.62 bits per heavy atom. The molecule has 0 bridgehead atoms. The van der Waals surface area contributed by atoms with Gasteiger partial charge < -0.3 is 0 Å². The molecule has 1 aliphatic carbocycles. The van der Waals surface area contributed by atoms with Crippen LogP contribution in [0.25, 0.3) is 0 Å². The van der Waals surface area contributed by atoms with Crippen molar-refractivity contribution >= 4 is 11.8 Å². The number of nitrogens with zero attached hydrogens (tertiary/aromatic N) is 1. The maximum absolute atomic E-state index is 8.44. The van der Waals surface area contributed by atoms with Gasteiger partial charge in [-0.05, 0) is 31.0 Å². The zero-order chi connectivity index (χ0) is 6.04. The molecule has 0 amide bonds. The van der Waals surface area contributed by atoms with Gasteiger partial charge in [0.05, 0.1) is 6.07 Å². The molecule has 0 aliphatic heterocycles. The first-order chi connectivity index (χ1) is 3.83. The van der Waals surface area contributed by atoms with E-state index in [1.54, 1.807) is 0 Å². The first-order valence-corrected chi connectivity index (χ1v) is 3.00. The highest BCUT2D eigenvalue weighted by Crippen LogP contribution is 2.31. The van der Waals surface area contributed by atoms with Crippen molar-refractivity contribution in [3.8, 4) is 6.07 Å². The minimum atomic E-state index is -0.373. The minimum Gasteiger partial charge on any atom is -0.213 e. The zero-order valence-corrected chi connectivity index (χ0v) is 5.20. The molecule has 1 N–H and O–H groups in total. The van der Waals surface area contributed by atoms with Crippen molar-refractivity contribution < 1.29 is 0 Å².